The second kappa shape index (κ2) is 5.50. The van der Waals surface area contributed by atoms with Crippen molar-refractivity contribution in [2.45, 2.75) is 4.90 Å². The third kappa shape index (κ3) is 3.39. The molecule has 6 heteroatoms. The molecule has 0 amide bonds. The summed E-state index contributed by atoms with van der Waals surface area (Å²) in [6.07, 6.45) is 0. The van der Waals surface area contributed by atoms with Gasteiger partial charge in [-0.3, -0.25) is 4.72 Å². The molecule has 0 aliphatic rings. The van der Waals surface area contributed by atoms with Gasteiger partial charge in [0.05, 0.1) is 17.7 Å². The first-order valence-corrected chi connectivity index (χ1v) is 7.30. The van der Waals surface area contributed by atoms with Gasteiger partial charge in [-0.25, -0.2) is 8.42 Å². The van der Waals surface area contributed by atoms with E-state index in [2.05, 4.69) is 4.72 Å². The molecule has 19 heavy (non-hydrogen) atoms. The summed E-state index contributed by atoms with van der Waals surface area (Å²) >= 11 is 5.79. The molecule has 2 aromatic rings. The van der Waals surface area contributed by atoms with E-state index >= 15 is 0 Å². The standard InChI is InChI=1S/C13H12ClNO3S/c1-18-12-6-3-5-11(9-12)15-19(16,17)13-7-2-4-10(14)8-13/h2-9,15H,1H3. The summed E-state index contributed by atoms with van der Waals surface area (Å²) in [6.45, 7) is 0. The zero-order valence-corrected chi connectivity index (χ0v) is 11.7. The first kappa shape index (κ1) is 13.7. The minimum absolute atomic E-state index is 0.114. The van der Waals surface area contributed by atoms with Gasteiger partial charge in [0.15, 0.2) is 0 Å². The molecule has 0 radical (unpaired) electrons. The van der Waals surface area contributed by atoms with Crippen molar-refractivity contribution < 1.29 is 13.2 Å². The lowest BCUT2D eigenvalue weighted by Gasteiger charge is -2.09. The normalized spacial score (nSPS) is 11.1. The van der Waals surface area contributed by atoms with Gasteiger partial charge in [0.2, 0.25) is 0 Å². The van der Waals surface area contributed by atoms with Gasteiger partial charge >= 0.3 is 0 Å². The van der Waals surface area contributed by atoms with E-state index < -0.39 is 10.0 Å². The molecular weight excluding hydrogens is 286 g/mol. The Morgan fingerprint density at radius 2 is 1.84 bits per heavy atom. The van der Waals surface area contributed by atoms with Gasteiger partial charge < -0.3 is 4.74 Å². The Balaban J connectivity index is 2.31. The number of hydrogen-bond donors (Lipinski definition) is 1. The zero-order chi connectivity index (χ0) is 13.9. The summed E-state index contributed by atoms with van der Waals surface area (Å²) in [5.41, 5.74) is 0.430. The SMILES string of the molecule is COc1cccc(NS(=O)(=O)c2cccc(Cl)c2)c1. The number of halogens is 1. The Bertz CT molecular complexity index is 686. The fraction of sp³-hybridized carbons (Fsp3) is 0.0769. The molecule has 1 N–H and O–H groups in total. The Morgan fingerprint density at radius 1 is 1.11 bits per heavy atom. The van der Waals surface area contributed by atoms with Gasteiger partial charge in [0.25, 0.3) is 10.0 Å². The fourth-order valence-corrected chi connectivity index (χ4v) is 2.88. The zero-order valence-electron chi connectivity index (χ0n) is 10.1. The molecule has 0 aromatic heterocycles. The van der Waals surface area contributed by atoms with Crippen molar-refractivity contribution in [1.29, 1.82) is 0 Å². The summed E-state index contributed by atoms with van der Waals surface area (Å²) in [7, 11) is -2.13. The molecule has 0 bridgehead atoms. The Labute approximate surface area is 117 Å². The van der Waals surface area contributed by atoms with Crippen LogP contribution in [0.5, 0.6) is 5.75 Å². The van der Waals surface area contributed by atoms with E-state index in [1.807, 2.05) is 0 Å². The van der Waals surface area contributed by atoms with Crippen molar-refractivity contribution in [1.82, 2.24) is 0 Å². The molecule has 100 valence electrons. The first-order valence-electron chi connectivity index (χ1n) is 5.44. The molecule has 4 nitrogen and oxygen atoms in total. The summed E-state index contributed by atoms with van der Waals surface area (Å²) in [5.74, 6) is 0.575. The maximum Gasteiger partial charge on any atom is 0.261 e. The van der Waals surface area contributed by atoms with Crippen LogP contribution >= 0.6 is 11.6 Å². The summed E-state index contributed by atoms with van der Waals surface area (Å²) in [6, 6.07) is 12.8. The molecule has 0 saturated carbocycles. The molecule has 2 rings (SSSR count). The Hall–Kier alpha value is -1.72. The average molecular weight is 298 g/mol. The van der Waals surface area contributed by atoms with Crippen LogP contribution in [-0.2, 0) is 10.0 Å². The van der Waals surface area contributed by atoms with E-state index in [4.69, 9.17) is 16.3 Å². The van der Waals surface area contributed by atoms with Gasteiger partial charge in [0, 0.05) is 11.1 Å². The fourth-order valence-electron chi connectivity index (χ4n) is 1.53. The van der Waals surface area contributed by atoms with Crippen molar-refractivity contribution in [2.24, 2.45) is 0 Å². The number of methoxy groups -OCH3 is 1. The highest BCUT2D eigenvalue weighted by Crippen LogP contribution is 2.22. The maximum atomic E-state index is 12.1. The second-order valence-electron chi connectivity index (χ2n) is 3.79. The predicted octanol–water partition coefficient (Wildman–Crippen LogP) is 3.15. The van der Waals surface area contributed by atoms with Crippen LogP contribution in [0, 0.1) is 0 Å². The van der Waals surface area contributed by atoms with Gasteiger partial charge in [-0.2, -0.15) is 0 Å². The van der Waals surface area contributed by atoms with Crippen LogP contribution in [0.15, 0.2) is 53.4 Å². The van der Waals surface area contributed by atoms with E-state index in [9.17, 15) is 8.42 Å². The van der Waals surface area contributed by atoms with Crippen LogP contribution in [0.3, 0.4) is 0 Å². The van der Waals surface area contributed by atoms with Crippen molar-refractivity contribution in [3.05, 3.63) is 53.6 Å². The number of hydrogen-bond acceptors (Lipinski definition) is 3. The minimum atomic E-state index is -3.65. The van der Waals surface area contributed by atoms with E-state index in [-0.39, 0.29) is 4.90 Å². The van der Waals surface area contributed by atoms with Crippen LogP contribution < -0.4 is 9.46 Å². The van der Waals surface area contributed by atoms with E-state index in [0.29, 0.717) is 16.5 Å². The van der Waals surface area contributed by atoms with Gasteiger partial charge in [-0.05, 0) is 30.3 Å². The number of nitrogens with one attached hydrogen (secondary N) is 1. The topological polar surface area (TPSA) is 55.4 Å². The molecular formula is C13H12ClNO3S. The van der Waals surface area contributed by atoms with Crippen LogP contribution in [0.1, 0.15) is 0 Å². The second-order valence-corrected chi connectivity index (χ2v) is 5.91. The lowest BCUT2D eigenvalue weighted by molar-refractivity contribution is 0.415. The largest absolute Gasteiger partial charge is 0.497 e. The van der Waals surface area contributed by atoms with Crippen molar-refractivity contribution in [3.63, 3.8) is 0 Å². The van der Waals surface area contributed by atoms with Crippen molar-refractivity contribution >= 4 is 27.3 Å². The van der Waals surface area contributed by atoms with Crippen molar-refractivity contribution in [2.75, 3.05) is 11.8 Å². The van der Waals surface area contributed by atoms with Crippen LogP contribution in [0.2, 0.25) is 5.02 Å². The molecule has 0 saturated heterocycles. The average Bonchev–Trinajstić information content (AvgIpc) is 2.38. The lowest BCUT2D eigenvalue weighted by Crippen LogP contribution is -2.12. The maximum absolute atomic E-state index is 12.1. The van der Waals surface area contributed by atoms with E-state index in [1.54, 1.807) is 36.4 Å². The molecule has 0 atom stereocenters. The van der Waals surface area contributed by atoms with Gasteiger partial charge in [-0.15, -0.1) is 0 Å². The summed E-state index contributed by atoms with van der Waals surface area (Å²) in [4.78, 5) is 0.114. The molecule has 0 fully saturated rings. The Morgan fingerprint density at radius 3 is 2.53 bits per heavy atom. The molecule has 0 spiro atoms. The number of anilines is 1. The molecule has 0 heterocycles. The van der Waals surface area contributed by atoms with Crippen molar-refractivity contribution in [3.8, 4) is 5.75 Å². The predicted molar refractivity (Wildman–Crippen MR) is 75.3 cm³/mol. The van der Waals surface area contributed by atoms with Gasteiger partial charge in [0.1, 0.15) is 5.75 Å². The van der Waals surface area contributed by atoms with E-state index in [0.717, 1.165) is 0 Å². The number of rotatable bonds is 4. The first-order chi connectivity index (χ1) is 9.01. The third-order valence-electron chi connectivity index (χ3n) is 2.43. The lowest BCUT2D eigenvalue weighted by atomic mass is 10.3. The molecule has 0 aliphatic carbocycles. The number of sulfonamides is 1. The quantitative estimate of drug-likeness (QED) is 0.943. The molecule has 0 unspecified atom stereocenters. The van der Waals surface area contributed by atoms with E-state index in [1.165, 1.54) is 19.2 Å². The molecule has 0 aliphatic heterocycles. The number of ether oxygens (including phenoxy) is 1. The van der Waals surface area contributed by atoms with Crippen LogP contribution in [0.25, 0.3) is 0 Å². The minimum Gasteiger partial charge on any atom is -0.497 e. The third-order valence-corrected chi connectivity index (χ3v) is 4.04. The highest BCUT2D eigenvalue weighted by Gasteiger charge is 2.14. The summed E-state index contributed by atoms with van der Waals surface area (Å²) in [5, 5.41) is 0.369. The molecule has 2 aromatic carbocycles. The Kier molecular flexibility index (Phi) is 3.97. The highest BCUT2D eigenvalue weighted by molar-refractivity contribution is 7.92. The monoisotopic (exact) mass is 297 g/mol. The number of benzene rings is 2. The summed E-state index contributed by atoms with van der Waals surface area (Å²) < 4.78 is 31.8. The smallest absolute Gasteiger partial charge is 0.261 e. The van der Waals surface area contributed by atoms with Crippen LogP contribution in [-0.4, -0.2) is 15.5 Å². The highest BCUT2D eigenvalue weighted by atomic mass is 35.5. The van der Waals surface area contributed by atoms with Crippen LogP contribution in [0.4, 0.5) is 5.69 Å². The van der Waals surface area contributed by atoms with Gasteiger partial charge in [-0.1, -0.05) is 23.7 Å².